The number of hydrogen-bond acceptors (Lipinski definition) is 5. The Morgan fingerprint density at radius 3 is 2.76 bits per heavy atom. The highest BCUT2D eigenvalue weighted by Gasteiger charge is 2.03. The molecule has 5 nitrogen and oxygen atoms in total. The normalized spacial score (nSPS) is 10.2. The number of aliphatic hydroxyl groups excluding tert-OH is 1. The summed E-state index contributed by atoms with van der Waals surface area (Å²) >= 11 is 0. The van der Waals surface area contributed by atoms with Gasteiger partial charge >= 0.3 is 0 Å². The van der Waals surface area contributed by atoms with Gasteiger partial charge in [-0.3, -0.25) is 9.97 Å². The van der Waals surface area contributed by atoms with Crippen LogP contribution in [0.4, 0.5) is 0 Å². The molecule has 0 unspecified atom stereocenters. The van der Waals surface area contributed by atoms with Crippen molar-refractivity contribution in [1.82, 2.24) is 15.0 Å². The van der Waals surface area contributed by atoms with Gasteiger partial charge in [-0.15, -0.1) is 0 Å². The van der Waals surface area contributed by atoms with E-state index in [1.54, 1.807) is 24.7 Å². The minimum absolute atomic E-state index is 0.0645. The van der Waals surface area contributed by atoms with E-state index in [0.29, 0.717) is 23.9 Å². The maximum Gasteiger partial charge on any atom is 0.232 e. The van der Waals surface area contributed by atoms with Crippen molar-refractivity contribution in [2.24, 2.45) is 0 Å². The monoisotopic (exact) mass is 231 g/mol. The summed E-state index contributed by atoms with van der Waals surface area (Å²) in [6, 6.07) is 3.60. The van der Waals surface area contributed by atoms with E-state index in [1.165, 1.54) is 0 Å². The van der Waals surface area contributed by atoms with E-state index < -0.39 is 0 Å². The Hall–Kier alpha value is -2.01. The number of hydrogen-bond donors (Lipinski definition) is 1. The van der Waals surface area contributed by atoms with Crippen molar-refractivity contribution in [3.63, 3.8) is 0 Å². The third-order valence-electron chi connectivity index (χ3n) is 2.19. The largest absolute Gasteiger partial charge is 0.477 e. The van der Waals surface area contributed by atoms with Crippen LogP contribution in [0.25, 0.3) is 11.3 Å². The molecule has 2 aromatic heterocycles. The van der Waals surface area contributed by atoms with Crippen LogP contribution in [0.15, 0.2) is 30.7 Å². The van der Waals surface area contributed by atoms with Gasteiger partial charge in [0, 0.05) is 11.8 Å². The van der Waals surface area contributed by atoms with E-state index >= 15 is 0 Å². The summed E-state index contributed by atoms with van der Waals surface area (Å²) in [5.74, 6) is 0.497. The van der Waals surface area contributed by atoms with E-state index in [1.807, 2.05) is 13.0 Å². The Labute approximate surface area is 99.2 Å². The van der Waals surface area contributed by atoms with E-state index in [9.17, 15) is 0 Å². The van der Waals surface area contributed by atoms with Crippen molar-refractivity contribution >= 4 is 0 Å². The first kappa shape index (κ1) is 11.5. The van der Waals surface area contributed by atoms with E-state index in [0.717, 1.165) is 5.56 Å². The first-order chi connectivity index (χ1) is 8.33. The zero-order valence-electron chi connectivity index (χ0n) is 9.50. The summed E-state index contributed by atoms with van der Waals surface area (Å²) in [7, 11) is 0. The maximum atomic E-state index is 8.90. The van der Waals surface area contributed by atoms with Crippen LogP contribution in [0.5, 0.6) is 5.88 Å². The van der Waals surface area contributed by atoms with Gasteiger partial charge in [0.15, 0.2) is 0 Å². The van der Waals surface area contributed by atoms with Gasteiger partial charge in [-0.25, -0.2) is 4.98 Å². The second-order valence-corrected chi connectivity index (χ2v) is 3.37. The van der Waals surface area contributed by atoms with Gasteiger partial charge in [0.2, 0.25) is 5.88 Å². The lowest BCUT2D eigenvalue weighted by Crippen LogP contribution is -1.97. The molecule has 0 aromatic carbocycles. The average molecular weight is 231 g/mol. The molecule has 88 valence electrons. The molecule has 2 rings (SSSR count). The van der Waals surface area contributed by atoms with E-state index in [2.05, 4.69) is 15.0 Å². The zero-order valence-corrected chi connectivity index (χ0v) is 9.50. The molecule has 0 bridgehead atoms. The van der Waals surface area contributed by atoms with Crippen LogP contribution in [0.2, 0.25) is 0 Å². The van der Waals surface area contributed by atoms with Crippen LogP contribution < -0.4 is 4.74 Å². The highest BCUT2D eigenvalue weighted by Crippen LogP contribution is 2.17. The molecule has 0 aliphatic heterocycles. The van der Waals surface area contributed by atoms with Crippen molar-refractivity contribution in [2.75, 3.05) is 6.61 Å². The van der Waals surface area contributed by atoms with Gasteiger partial charge in [0.1, 0.15) is 0 Å². The van der Waals surface area contributed by atoms with Gasteiger partial charge in [-0.05, 0) is 19.1 Å². The summed E-state index contributed by atoms with van der Waals surface area (Å²) < 4.78 is 5.28. The minimum Gasteiger partial charge on any atom is -0.477 e. The predicted molar refractivity (Wildman–Crippen MR) is 62.4 cm³/mol. The molecule has 0 spiro atoms. The molecule has 0 amide bonds. The third-order valence-corrected chi connectivity index (χ3v) is 2.19. The smallest absolute Gasteiger partial charge is 0.232 e. The summed E-state index contributed by atoms with van der Waals surface area (Å²) in [4.78, 5) is 12.4. The highest BCUT2D eigenvalue weighted by atomic mass is 16.5. The Balaban J connectivity index is 2.28. The van der Waals surface area contributed by atoms with Crippen molar-refractivity contribution < 1.29 is 9.84 Å². The van der Waals surface area contributed by atoms with E-state index in [4.69, 9.17) is 9.84 Å². The Kier molecular flexibility index (Phi) is 3.62. The summed E-state index contributed by atoms with van der Waals surface area (Å²) in [6.07, 6.45) is 4.88. The zero-order chi connectivity index (χ0) is 12.1. The van der Waals surface area contributed by atoms with Gasteiger partial charge in [-0.1, -0.05) is 0 Å². The number of rotatable bonds is 4. The van der Waals surface area contributed by atoms with Crippen LogP contribution in [0.1, 0.15) is 12.6 Å². The lowest BCUT2D eigenvalue weighted by atomic mass is 10.2. The standard InChI is InChI=1S/C12H13N3O2/c1-2-17-12-7-13-6-11(15-12)9-3-4-10(8-16)14-5-9/h3-7,16H,2,8H2,1H3. The fraction of sp³-hybridized carbons (Fsp3) is 0.250. The fourth-order valence-electron chi connectivity index (χ4n) is 1.37. The molecule has 0 aliphatic carbocycles. The van der Waals surface area contributed by atoms with Crippen LogP contribution in [0.3, 0.4) is 0 Å². The van der Waals surface area contributed by atoms with Gasteiger partial charge in [-0.2, -0.15) is 0 Å². The Morgan fingerprint density at radius 2 is 2.12 bits per heavy atom. The lowest BCUT2D eigenvalue weighted by Gasteiger charge is -2.04. The first-order valence-corrected chi connectivity index (χ1v) is 5.34. The lowest BCUT2D eigenvalue weighted by molar-refractivity contribution is 0.277. The van der Waals surface area contributed by atoms with Gasteiger partial charge in [0.25, 0.3) is 0 Å². The molecule has 0 saturated heterocycles. The molecular weight excluding hydrogens is 218 g/mol. The Morgan fingerprint density at radius 1 is 1.24 bits per heavy atom. The second kappa shape index (κ2) is 5.36. The minimum atomic E-state index is -0.0645. The first-order valence-electron chi connectivity index (χ1n) is 5.34. The number of pyridine rings is 1. The number of ether oxygens (including phenoxy) is 1. The van der Waals surface area contributed by atoms with Crippen molar-refractivity contribution in [3.8, 4) is 17.1 Å². The van der Waals surface area contributed by atoms with Crippen LogP contribution in [-0.4, -0.2) is 26.7 Å². The van der Waals surface area contributed by atoms with Gasteiger partial charge < -0.3 is 9.84 Å². The summed E-state index contributed by atoms with van der Waals surface area (Å²) in [6.45, 7) is 2.39. The quantitative estimate of drug-likeness (QED) is 0.862. The summed E-state index contributed by atoms with van der Waals surface area (Å²) in [5, 5.41) is 8.90. The second-order valence-electron chi connectivity index (χ2n) is 3.37. The maximum absolute atomic E-state index is 8.90. The molecule has 1 N–H and O–H groups in total. The molecule has 0 radical (unpaired) electrons. The molecular formula is C12H13N3O2. The summed E-state index contributed by atoms with van der Waals surface area (Å²) in [5.41, 5.74) is 2.17. The number of aliphatic hydroxyl groups is 1. The van der Waals surface area contributed by atoms with Crippen molar-refractivity contribution in [2.45, 2.75) is 13.5 Å². The number of aromatic nitrogens is 3. The van der Waals surface area contributed by atoms with E-state index in [-0.39, 0.29) is 6.61 Å². The molecule has 0 aliphatic rings. The average Bonchev–Trinajstić information content (AvgIpc) is 2.40. The topological polar surface area (TPSA) is 68.1 Å². The van der Waals surface area contributed by atoms with Crippen LogP contribution in [-0.2, 0) is 6.61 Å². The molecule has 17 heavy (non-hydrogen) atoms. The molecule has 0 saturated carbocycles. The van der Waals surface area contributed by atoms with Crippen LogP contribution >= 0.6 is 0 Å². The van der Waals surface area contributed by atoms with Crippen molar-refractivity contribution in [1.29, 1.82) is 0 Å². The number of nitrogens with zero attached hydrogens (tertiary/aromatic N) is 3. The van der Waals surface area contributed by atoms with Gasteiger partial charge in [0.05, 0.1) is 37.0 Å². The Bertz CT molecular complexity index is 485. The molecule has 5 heteroatoms. The predicted octanol–water partition coefficient (Wildman–Crippen LogP) is 1.43. The van der Waals surface area contributed by atoms with Crippen LogP contribution in [0, 0.1) is 0 Å². The SMILES string of the molecule is CCOc1cncc(-c2ccc(CO)nc2)n1. The van der Waals surface area contributed by atoms with Crippen molar-refractivity contribution in [3.05, 3.63) is 36.4 Å². The molecule has 2 heterocycles. The fourth-order valence-corrected chi connectivity index (χ4v) is 1.37. The molecule has 0 atom stereocenters. The molecule has 0 fully saturated rings. The highest BCUT2D eigenvalue weighted by molar-refractivity contribution is 5.57. The molecule has 2 aromatic rings. The third kappa shape index (κ3) is 2.76.